The fraction of sp³-hybridized carbons (Fsp3) is 0.136. The molecule has 0 atom stereocenters. The third-order valence-electron chi connectivity index (χ3n) is 4.12. The SMILES string of the molecule is [CH2]c1ccc(N(Cc2ccccc2)Cc2ccccc2)cc1C. The minimum atomic E-state index is 0.895. The van der Waals surface area contributed by atoms with E-state index in [1.165, 1.54) is 22.4 Å². The predicted molar refractivity (Wildman–Crippen MR) is 98.4 cm³/mol. The van der Waals surface area contributed by atoms with Crippen molar-refractivity contribution in [1.29, 1.82) is 0 Å². The summed E-state index contributed by atoms with van der Waals surface area (Å²) in [6, 6.07) is 27.7. The van der Waals surface area contributed by atoms with Gasteiger partial charge in [-0.2, -0.15) is 0 Å². The van der Waals surface area contributed by atoms with E-state index in [1.807, 2.05) is 0 Å². The summed E-state index contributed by atoms with van der Waals surface area (Å²) in [5, 5.41) is 0. The van der Waals surface area contributed by atoms with Gasteiger partial charge in [-0.1, -0.05) is 66.7 Å². The molecule has 0 spiro atoms. The lowest BCUT2D eigenvalue weighted by Gasteiger charge is -2.26. The molecule has 3 aromatic carbocycles. The first kappa shape index (κ1) is 15.4. The molecular weight excluding hydrogens is 278 g/mol. The van der Waals surface area contributed by atoms with Crippen LogP contribution in [0.1, 0.15) is 22.3 Å². The van der Waals surface area contributed by atoms with Crippen molar-refractivity contribution in [2.75, 3.05) is 4.90 Å². The van der Waals surface area contributed by atoms with Crippen molar-refractivity contribution in [3.63, 3.8) is 0 Å². The van der Waals surface area contributed by atoms with Crippen LogP contribution in [0.5, 0.6) is 0 Å². The van der Waals surface area contributed by atoms with Crippen LogP contribution in [-0.2, 0) is 13.1 Å². The summed E-state index contributed by atoms with van der Waals surface area (Å²) >= 11 is 0. The molecule has 3 rings (SSSR count). The van der Waals surface area contributed by atoms with Crippen LogP contribution in [0.2, 0.25) is 0 Å². The van der Waals surface area contributed by atoms with Gasteiger partial charge in [0.25, 0.3) is 0 Å². The maximum atomic E-state index is 4.07. The Hall–Kier alpha value is -2.54. The van der Waals surface area contributed by atoms with Gasteiger partial charge in [-0.25, -0.2) is 0 Å². The average Bonchev–Trinajstić information content (AvgIpc) is 2.59. The molecule has 1 radical (unpaired) electrons. The third-order valence-corrected chi connectivity index (χ3v) is 4.12. The van der Waals surface area contributed by atoms with Gasteiger partial charge in [0.2, 0.25) is 0 Å². The van der Waals surface area contributed by atoms with Gasteiger partial charge in [-0.15, -0.1) is 0 Å². The van der Waals surface area contributed by atoms with Crippen molar-refractivity contribution < 1.29 is 0 Å². The van der Waals surface area contributed by atoms with Gasteiger partial charge in [-0.05, 0) is 48.2 Å². The number of anilines is 1. The van der Waals surface area contributed by atoms with Gasteiger partial charge in [0, 0.05) is 18.8 Å². The topological polar surface area (TPSA) is 3.24 Å². The van der Waals surface area contributed by atoms with E-state index in [2.05, 4.69) is 97.6 Å². The van der Waals surface area contributed by atoms with Crippen LogP contribution in [0.25, 0.3) is 0 Å². The zero-order valence-electron chi connectivity index (χ0n) is 13.6. The van der Waals surface area contributed by atoms with Gasteiger partial charge in [0.05, 0.1) is 0 Å². The van der Waals surface area contributed by atoms with E-state index < -0.39 is 0 Å². The Kier molecular flexibility index (Phi) is 4.77. The molecule has 115 valence electrons. The van der Waals surface area contributed by atoms with Gasteiger partial charge < -0.3 is 4.90 Å². The molecule has 0 unspecified atom stereocenters. The highest BCUT2D eigenvalue weighted by Crippen LogP contribution is 2.23. The van der Waals surface area contributed by atoms with Gasteiger partial charge in [0.1, 0.15) is 0 Å². The molecule has 0 bridgehead atoms. The van der Waals surface area contributed by atoms with E-state index in [9.17, 15) is 0 Å². The van der Waals surface area contributed by atoms with Crippen molar-refractivity contribution in [1.82, 2.24) is 0 Å². The van der Waals surface area contributed by atoms with E-state index in [-0.39, 0.29) is 0 Å². The first-order valence-corrected chi connectivity index (χ1v) is 7.98. The molecule has 1 heteroatoms. The van der Waals surface area contributed by atoms with Crippen molar-refractivity contribution in [3.8, 4) is 0 Å². The number of aryl methyl sites for hydroxylation is 1. The maximum absolute atomic E-state index is 4.07. The molecule has 0 aliphatic heterocycles. The van der Waals surface area contributed by atoms with Crippen LogP contribution in [0.15, 0.2) is 78.9 Å². The zero-order chi connectivity index (χ0) is 16.1. The Morgan fingerprint density at radius 2 is 1.26 bits per heavy atom. The highest BCUT2D eigenvalue weighted by molar-refractivity contribution is 5.52. The summed E-state index contributed by atoms with van der Waals surface area (Å²) in [5.41, 5.74) is 6.20. The summed E-state index contributed by atoms with van der Waals surface area (Å²) in [6.07, 6.45) is 0. The number of rotatable bonds is 5. The second kappa shape index (κ2) is 7.15. The lowest BCUT2D eigenvalue weighted by molar-refractivity contribution is 0.799. The van der Waals surface area contributed by atoms with E-state index >= 15 is 0 Å². The number of benzene rings is 3. The molecule has 1 nitrogen and oxygen atoms in total. The molecule has 0 heterocycles. The van der Waals surface area contributed by atoms with E-state index in [0.29, 0.717) is 0 Å². The van der Waals surface area contributed by atoms with Crippen molar-refractivity contribution >= 4 is 5.69 Å². The maximum Gasteiger partial charge on any atom is 0.0433 e. The third kappa shape index (κ3) is 4.01. The first-order valence-electron chi connectivity index (χ1n) is 7.98. The summed E-state index contributed by atoms with van der Waals surface area (Å²) in [7, 11) is 0. The fourth-order valence-corrected chi connectivity index (χ4v) is 2.72. The predicted octanol–water partition coefficient (Wildman–Crippen LogP) is 5.38. The normalized spacial score (nSPS) is 10.5. The Labute approximate surface area is 139 Å². The molecular formula is C22H22N. The van der Waals surface area contributed by atoms with Gasteiger partial charge in [-0.3, -0.25) is 0 Å². The lowest BCUT2D eigenvalue weighted by atomic mass is 10.1. The lowest BCUT2D eigenvalue weighted by Crippen LogP contribution is -2.22. The summed E-state index contributed by atoms with van der Waals surface area (Å²) in [5.74, 6) is 0. The molecule has 0 aliphatic carbocycles. The zero-order valence-corrected chi connectivity index (χ0v) is 13.6. The van der Waals surface area contributed by atoms with Crippen molar-refractivity contribution in [2.24, 2.45) is 0 Å². The van der Waals surface area contributed by atoms with Crippen LogP contribution >= 0.6 is 0 Å². The smallest absolute Gasteiger partial charge is 0.0433 e. The monoisotopic (exact) mass is 300 g/mol. The molecule has 0 saturated carbocycles. The fourth-order valence-electron chi connectivity index (χ4n) is 2.72. The molecule has 3 aromatic rings. The van der Waals surface area contributed by atoms with Crippen LogP contribution in [0.4, 0.5) is 5.69 Å². The molecule has 0 aliphatic rings. The Balaban J connectivity index is 1.90. The molecule has 23 heavy (non-hydrogen) atoms. The second-order valence-electron chi connectivity index (χ2n) is 5.94. The van der Waals surface area contributed by atoms with E-state index in [1.54, 1.807) is 0 Å². The van der Waals surface area contributed by atoms with Crippen LogP contribution in [0, 0.1) is 13.8 Å². The number of nitrogens with zero attached hydrogens (tertiary/aromatic N) is 1. The molecule has 0 saturated heterocycles. The minimum absolute atomic E-state index is 0.895. The summed E-state index contributed by atoms with van der Waals surface area (Å²) < 4.78 is 0. The number of hydrogen-bond donors (Lipinski definition) is 0. The highest BCUT2D eigenvalue weighted by atomic mass is 15.1. The quantitative estimate of drug-likeness (QED) is 0.611. The van der Waals surface area contributed by atoms with Crippen LogP contribution in [-0.4, -0.2) is 0 Å². The second-order valence-corrected chi connectivity index (χ2v) is 5.94. The van der Waals surface area contributed by atoms with Gasteiger partial charge >= 0.3 is 0 Å². The van der Waals surface area contributed by atoms with Crippen molar-refractivity contribution in [3.05, 3.63) is 108 Å². The molecule has 0 amide bonds. The number of hydrogen-bond acceptors (Lipinski definition) is 1. The van der Waals surface area contributed by atoms with E-state index in [4.69, 9.17) is 0 Å². The average molecular weight is 300 g/mol. The molecule has 0 aromatic heterocycles. The van der Waals surface area contributed by atoms with Crippen LogP contribution in [0.3, 0.4) is 0 Å². The highest BCUT2D eigenvalue weighted by Gasteiger charge is 2.09. The Morgan fingerprint density at radius 3 is 1.74 bits per heavy atom. The Morgan fingerprint density at radius 1 is 0.739 bits per heavy atom. The molecule has 0 fully saturated rings. The summed E-state index contributed by atoms with van der Waals surface area (Å²) in [6.45, 7) is 7.98. The summed E-state index contributed by atoms with van der Waals surface area (Å²) in [4.78, 5) is 2.41. The molecule has 0 N–H and O–H groups in total. The van der Waals surface area contributed by atoms with Crippen molar-refractivity contribution in [2.45, 2.75) is 20.0 Å². The van der Waals surface area contributed by atoms with Gasteiger partial charge in [0.15, 0.2) is 0 Å². The standard InChI is InChI=1S/C22H22N/c1-18-13-14-22(15-19(18)2)23(16-20-9-5-3-6-10-20)17-21-11-7-4-8-12-21/h3-15H,1,16-17H2,2H3. The Bertz CT molecular complexity index is 706. The minimum Gasteiger partial charge on any atom is -0.363 e. The van der Waals surface area contributed by atoms with E-state index in [0.717, 1.165) is 18.7 Å². The largest absolute Gasteiger partial charge is 0.363 e. The first-order chi connectivity index (χ1) is 11.2. The van der Waals surface area contributed by atoms with Crippen LogP contribution < -0.4 is 4.90 Å².